The maximum absolute atomic E-state index is 12.1. The minimum absolute atomic E-state index is 0.0816. The number of carbonyl (C=O) groups is 2. The van der Waals surface area contributed by atoms with E-state index in [1.807, 2.05) is 32.0 Å². The van der Waals surface area contributed by atoms with Crippen molar-refractivity contribution < 1.29 is 18.7 Å². The van der Waals surface area contributed by atoms with Crippen LogP contribution in [0.5, 0.6) is 0 Å². The first kappa shape index (κ1) is 21.0. The molecule has 2 heterocycles. The van der Waals surface area contributed by atoms with Crippen molar-refractivity contribution in [2.24, 2.45) is 0 Å². The molecule has 2 aromatic heterocycles. The molecule has 3 rings (SSSR count). The molecule has 0 saturated carbocycles. The van der Waals surface area contributed by atoms with E-state index in [-0.39, 0.29) is 24.1 Å². The summed E-state index contributed by atoms with van der Waals surface area (Å²) in [6.45, 7) is 6.13. The molecule has 0 fully saturated rings. The minimum Gasteiger partial charge on any atom is -0.466 e. The standard InChI is InChI=1S/C19H20N4O4S2/c1-4-26-16(25)8-14-9-28-18(20-14)21-15(24)10-29-19-23-22-17(27-19)13-6-5-11(2)12(3)7-13/h5-7,9H,4,8,10H2,1-3H3,(H,20,21,24). The average molecular weight is 433 g/mol. The van der Waals surface area contributed by atoms with E-state index in [0.29, 0.717) is 28.5 Å². The lowest BCUT2D eigenvalue weighted by atomic mass is 10.1. The van der Waals surface area contributed by atoms with Crippen molar-refractivity contribution in [3.05, 3.63) is 40.4 Å². The summed E-state index contributed by atoms with van der Waals surface area (Å²) in [6.07, 6.45) is 0.0816. The number of hydrogen-bond donors (Lipinski definition) is 1. The third-order valence-corrected chi connectivity index (χ3v) is 5.54. The highest BCUT2D eigenvalue weighted by atomic mass is 32.2. The van der Waals surface area contributed by atoms with Crippen molar-refractivity contribution in [2.75, 3.05) is 17.7 Å². The van der Waals surface area contributed by atoms with Gasteiger partial charge in [0.15, 0.2) is 5.13 Å². The molecule has 0 bridgehead atoms. The van der Waals surface area contributed by atoms with Gasteiger partial charge in [0, 0.05) is 10.9 Å². The number of carbonyl (C=O) groups excluding carboxylic acids is 2. The number of anilines is 1. The van der Waals surface area contributed by atoms with Crippen LogP contribution in [0.1, 0.15) is 23.7 Å². The van der Waals surface area contributed by atoms with E-state index < -0.39 is 0 Å². The number of esters is 1. The Morgan fingerprint density at radius 1 is 1.24 bits per heavy atom. The Hall–Kier alpha value is -2.72. The van der Waals surface area contributed by atoms with Gasteiger partial charge in [0.2, 0.25) is 11.8 Å². The first-order chi connectivity index (χ1) is 13.9. The molecule has 0 aliphatic heterocycles. The van der Waals surface area contributed by atoms with Gasteiger partial charge in [-0.15, -0.1) is 21.5 Å². The van der Waals surface area contributed by atoms with Crippen LogP contribution < -0.4 is 5.32 Å². The van der Waals surface area contributed by atoms with Crippen molar-refractivity contribution in [3.63, 3.8) is 0 Å². The molecule has 29 heavy (non-hydrogen) atoms. The van der Waals surface area contributed by atoms with Gasteiger partial charge in [-0.05, 0) is 44.0 Å². The lowest BCUT2D eigenvalue weighted by Gasteiger charge is -2.01. The summed E-state index contributed by atoms with van der Waals surface area (Å²) in [6, 6.07) is 5.91. The Balaban J connectivity index is 1.51. The minimum atomic E-state index is -0.345. The Labute approximate surface area is 176 Å². The normalized spacial score (nSPS) is 10.7. The van der Waals surface area contributed by atoms with Gasteiger partial charge < -0.3 is 14.5 Å². The van der Waals surface area contributed by atoms with Crippen LogP contribution in [0.25, 0.3) is 11.5 Å². The van der Waals surface area contributed by atoms with Crippen molar-refractivity contribution in [1.82, 2.24) is 15.2 Å². The van der Waals surface area contributed by atoms with Crippen molar-refractivity contribution in [1.29, 1.82) is 0 Å². The highest BCUT2D eigenvalue weighted by molar-refractivity contribution is 7.99. The zero-order valence-electron chi connectivity index (χ0n) is 16.2. The molecule has 3 aromatic rings. The third kappa shape index (κ3) is 5.88. The van der Waals surface area contributed by atoms with Crippen molar-refractivity contribution >= 4 is 40.1 Å². The van der Waals surface area contributed by atoms with Crippen LogP contribution in [0, 0.1) is 13.8 Å². The van der Waals surface area contributed by atoms with E-state index in [1.165, 1.54) is 16.9 Å². The Morgan fingerprint density at radius 3 is 2.83 bits per heavy atom. The number of hydrogen-bond acceptors (Lipinski definition) is 9. The number of benzene rings is 1. The maximum atomic E-state index is 12.1. The zero-order chi connectivity index (χ0) is 20.8. The lowest BCUT2D eigenvalue weighted by molar-refractivity contribution is -0.142. The van der Waals surface area contributed by atoms with Crippen LogP contribution in [0.3, 0.4) is 0 Å². The summed E-state index contributed by atoms with van der Waals surface area (Å²) >= 11 is 2.40. The van der Waals surface area contributed by atoms with Gasteiger partial charge in [0.25, 0.3) is 5.22 Å². The largest absolute Gasteiger partial charge is 0.466 e. The highest BCUT2D eigenvalue weighted by Crippen LogP contribution is 2.25. The summed E-state index contributed by atoms with van der Waals surface area (Å²) in [5.74, 6) is -0.0823. The topological polar surface area (TPSA) is 107 Å². The van der Waals surface area contributed by atoms with Crippen LogP contribution in [-0.2, 0) is 20.7 Å². The number of aryl methyl sites for hydroxylation is 2. The van der Waals surface area contributed by atoms with E-state index >= 15 is 0 Å². The third-order valence-electron chi connectivity index (χ3n) is 3.92. The molecule has 152 valence electrons. The molecule has 0 spiro atoms. The fourth-order valence-corrected chi connectivity index (χ4v) is 3.64. The average Bonchev–Trinajstić information content (AvgIpc) is 3.32. The summed E-state index contributed by atoms with van der Waals surface area (Å²) in [4.78, 5) is 27.8. The molecule has 0 radical (unpaired) electrons. The number of rotatable bonds is 8. The fourth-order valence-electron chi connectivity index (χ4n) is 2.35. The second-order valence-corrected chi connectivity index (χ2v) is 7.92. The van der Waals surface area contributed by atoms with Gasteiger partial charge in [-0.2, -0.15) is 0 Å². The first-order valence-electron chi connectivity index (χ1n) is 8.88. The van der Waals surface area contributed by atoms with Crippen molar-refractivity contribution in [3.8, 4) is 11.5 Å². The van der Waals surface area contributed by atoms with Gasteiger partial charge in [-0.1, -0.05) is 17.8 Å². The summed E-state index contributed by atoms with van der Waals surface area (Å²) in [5, 5.41) is 13.2. The first-order valence-corrected chi connectivity index (χ1v) is 10.7. The highest BCUT2D eigenvalue weighted by Gasteiger charge is 2.14. The quantitative estimate of drug-likeness (QED) is 0.425. The predicted molar refractivity (Wildman–Crippen MR) is 111 cm³/mol. The van der Waals surface area contributed by atoms with Gasteiger partial charge >= 0.3 is 5.97 Å². The van der Waals surface area contributed by atoms with E-state index in [0.717, 1.165) is 22.9 Å². The molecule has 0 aliphatic carbocycles. The molecular weight excluding hydrogens is 412 g/mol. The van der Waals surface area contributed by atoms with Gasteiger partial charge in [-0.3, -0.25) is 9.59 Å². The molecule has 0 saturated heterocycles. The number of ether oxygens (including phenoxy) is 1. The summed E-state index contributed by atoms with van der Waals surface area (Å²) < 4.78 is 10.5. The Morgan fingerprint density at radius 2 is 2.07 bits per heavy atom. The zero-order valence-corrected chi connectivity index (χ0v) is 17.9. The number of nitrogens with zero attached hydrogens (tertiary/aromatic N) is 3. The monoisotopic (exact) mass is 432 g/mol. The van der Waals surface area contributed by atoms with E-state index in [4.69, 9.17) is 9.15 Å². The van der Waals surface area contributed by atoms with Crippen LogP contribution in [0.4, 0.5) is 5.13 Å². The molecule has 8 nitrogen and oxygen atoms in total. The summed E-state index contributed by atoms with van der Waals surface area (Å²) in [5.41, 5.74) is 3.73. The lowest BCUT2D eigenvalue weighted by Crippen LogP contribution is -2.14. The van der Waals surface area contributed by atoms with Crippen LogP contribution >= 0.6 is 23.1 Å². The molecule has 1 N–H and O–H groups in total. The molecule has 0 atom stereocenters. The molecule has 10 heteroatoms. The van der Waals surface area contributed by atoms with Gasteiger partial charge in [-0.25, -0.2) is 4.98 Å². The molecule has 0 aliphatic rings. The van der Waals surface area contributed by atoms with Crippen LogP contribution in [0.2, 0.25) is 0 Å². The molecule has 1 amide bonds. The number of thiazole rings is 1. The van der Waals surface area contributed by atoms with E-state index in [9.17, 15) is 9.59 Å². The van der Waals surface area contributed by atoms with E-state index in [1.54, 1.807) is 12.3 Å². The Bertz CT molecular complexity index is 1020. The SMILES string of the molecule is CCOC(=O)Cc1csc(NC(=O)CSc2nnc(-c3ccc(C)c(C)c3)o2)n1. The predicted octanol–water partition coefficient (Wildman–Crippen LogP) is 3.65. The number of nitrogens with one attached hydrogen (secondary N) is 1. The number of thioether (sulfide) groups is 1. The maximum Gasteiger partial charge on any atom is 0.311 e. The van der Waals surface area contributed by atoms with Crippen LogP contribution in [0.15, 0.2) is 33.2 Å². The molecular formula is C19H20N4O4S2. The Kier molecular flexibility index (Phi) is 6.99. The van der Waals surface area contributed by atoms with Crippen molar-refractivity contribution in [2.45, 2.75) is 32.4 Å². The molecule has 1 aromatic carbocycles. The number of aromatic nitrogens is 3. The molecule has 0 unspecified atom stereocenters. The van der Waals surface area contributed by atoms with Gasteiger partial charge in [0.1, 0.15) is 0 Å². The summed E-state index contributed by atoms with van der Waals surface area (Å²) in [7, 11) is 0. The van der Waals surface area contributed by atoms with Gasteiger partial charge in [0.05, 0.1) is 24.5 Å². The van der Waals surface area contributed by atoms with Crippen LogP contribution in [-0.4, -0.2) is 39.4 Å². The number of amides is 1. The second-order valence-electron chi connectivity index (χ2n) is 6.13. The second kappa shape index (κ2) is 9.66. The smallest absolute Gasteiger partial charge is 0.311 e. The van der Waals surface area contributed by atoms with E-state index in [2.05, 4.69) is 20.5 Å². The fraction of sp³-hybridized carbons (Fsp3) is 0.316.